The fourth-order valence-electron chi connectivity index (χ4n) is 2.28. The Morgan fingerprint density at radius 1 is 1.06 bits per heavy atom. The van der Waals surface area contributed by atoms with E-state index in [9.17, 15) is 0 Å². The molecule has 0 radical (unpaired) electrons. The first-order valence-electron chi connectivity index (χ1n) is 5.54. The van der Waals surface area contributed by atoms with Gasteiger partial charge in [-0.25, -0.2) is 0 Å². The van der Waals surface area contributed by atoms with E-state index in [0.29, 0.717) is 6.42 Å². The van der Waals surface area contributed by atoms with E-state index >= 15 is 0 Å². The summed E-state index contributed by atoms with van der Waals surface area (Å²) < 4.78 is 22.8. The van der Waals surface area contributed by atoms with Crippen molar-refractivity contribution in [3.63, 3.8) is 0 Å². The first-order chi connectivity index (χ1) is 7.35. The van der Waals surface area contributed by atoms with Crippen LogP contribution in [0.2, 0.25) is 0 Å². The highest BCUT2D eigenvalue weighted by atomic mass is 16.8. The summed E-state index contributed by atoms with van der Waals surface area (Å²) in [5.41, 5.74) is 0. The fraction of sp³-hybridized carbons (Fsp3) is 0.667. The summed E-state index contributed by atoms with van der Waals surface area (Å²) in [6.07, 6.45) is 2.53. The molecule has 0 spiro atoms. The van der Waals surface area contributed by atoms with Crippen LogP contribution in [-0.2, 0) is 18.9 Å². The summed E-state index contributed by atoms with van der Waals surface area (Å²) in [7, 11) is 0. The van der Waals surface area contributed by atoms with Crippen LogP contribution in [0.5, 0.6) is 0 Å². The van der Waals surface area contributed by atoms with Crippen molar-refractivity contribution in [2.75, 3.05) is 0 Å². The maximum absolute atomic E-state index is 5.77. The van der Waals surface area contributed by atoms with Gasteiger partial charge in [-0.2, -0.15) is 0 Å². The van der Waals surface area contributed by atoms with Crippen LogP contribution in [0.15, 0.2) is 23.4 Å². The molecule has 0 aromatic carbocycles. The molecule has 3 rings (SSSR count). The van der Waals surface area contributed by atoms with Crippen molar-refractivity contribution >= 4 is 0 Å². The van der Waals surface area contributed by atoms with E-state index in [1.165, 1.54) is 0 Å². The molecule has 1 aliphatic carbocycles. The van der Waals surface area contributed by atoms with Gasteiger partial charge in [0.1, 0.15) is 17.6 Å². The van der Waals surface area contributed by atoms with Gasteiger partial charge in [-0.05, 0) is 0 Å². The summed E-state index contributed by atoms with van der Waals surface area (Å²) in [5, 5.41) is 0. The van der Waals surface area contributed by atoms with Crippen molar-refractivity contribution in [1.82, 2.24) is 0 Å². The number of rotatable bonds is 0. The van der Waals surface area contributed by atoms with Gasteiger partial charge in [0.25, 0.3) is 0 Å². The average molecular weight is 224 g/mol. The van der Waals surface area contributed by atoms with Crippen LogP contribution in [-0.4, -0.2) is 17.7 Å². The second-order valence-electron chi connectivity index (χ2n) is 5.25. The Labute approximate surface area is 94.8 Å². The van der Waals surface area contributed by atoms with Crippen LogP contribution in [0.3, 0.4) is 0 Å². The van der Waals surface area contributed by atoms with Crippen LogP contribution in [0, 0.1) is 0 Å². The molecule has 1 saturated heterocycles. The maximum atomic E-state index is 5.77. The Bertz CT molecular complexity index is 403. The van der Waals surface area contributed by atoms with Crippen molar-refractivity contribution in [3.8, 4) is 0 Å². The van der Waals surface area contributed by atoms with Gasteiger partial charge in [0.15, 0.2) is 5.76 Å². The van der Waals surface area contributed by atoms with Gasteiger partial charge in [-0.3, -0.25) is 0 Å². The predicted molar refractivity (Wildman–Crippen MR) is 56.0 cm³/mol. The topological polar surface area (TPSA) is 36.9 Å². The van der Waals surface area contributed by atoms with Crippen LogP contribution >= 0.6 is 0 Å². The van der Waals surface area contributed by atoms with Crippen molar-refractivity contribution in [3.05, 3.63) is 23.4 Å². The molecule has 3 aliphatic rings. The number of fused-ring (bicyclic) bond motifs is 1. The molecule has 2 aliphatic heterocycles. The Morgan fingerprint density at radius 2 is 1.81 bits per heavy atom. The van der Waals surface area contributed by atoms with Crippen molar-refractivity contribution in [2.45, 2.75) is 51.8 Å². The zero-order chi connectivity index (χ0) is 11.6. The fourth-order valence-corrected chi connectivity index (χ4v) is 2.28. The van der Waals surface area contributed by atoms with Crippen LogP contribution in [0.25, 0.3) is 0 Å². The molecular formula is C12H16O4. The number of hydrogen-bond acceptors (Lipinski definition) is 4. The normalized spacial score (nSPS) is 33.2. The Hall–Kier alpha value is -1.16. The molecule has 88 valence electrons. The van der Waals surface area contributed by atoms with Crippen LogP contribution < -0.4 is 0 Å². The van der Waals surface area contributed by atoms with Crippen LogP contribution in [0.1, 0.15) is 34.1 Å². The maximum Gasteiger partial charge on any atom is 0.245 e. The summed E-state index contributed by atoms with van der Waals surface area (Å²) >= 11 is 0. The van der Waals surface area contributed by atoms with Crippen molar-refractivity contribution in [2.24, 2.45) is 0 Å². The third kappa shape index (κ3) is 1.48. The predicted octanol–water partition coefficient (Wildman–Crippen LogP) is 2.42. The van der Waals surface area contributed by atoms with E-state index in [-0.39, 0.29) is 6.10 Å². The summed E-state index contributed by atoms with van der Waals surface area (Å²) in [5.74, 6) is 1.35. The quantitative estimate of drug-likeness (QED) is 0.633. The minimum Gasteiger partial charge on any atom is -0.464 e. The summed E-state index contributed by atoms with van der Waals surface area (Å²) in [6, 6.07) is 0. The van der Waals surface area contributed by atoms with Crippen molar-refractivity contribution in [1.29, 1.82) is 0 Å². The Kier molecular flexibility index (Phi) is 1.72. The van der Waals surface area contributed by atoms with E-state index < -0.39 is 11.6 Å². The molecule has 0 aromatic rings. The molecule has 1 atom stereocenters. The lowest BCUT2D eigenvalue weighted by Crippen LogP contribution is -2.23. The lowest BCUT2D eigenvalue weighted by molar-refractivity contribution is -0.141. The molecule has 1 fully saturated rings. The van der Waals surface area contributed by atoms with E-state index in [4.69, 9.17) is 18.9 Å². The minimum absolute atomic E-state index is 0.0359. The summed E-state index contributed by atoms with van der Waals surface area (Å²) in [6.45, 7) is 7.60. The standard InChI is InChI=1S/C12H16O4/c1-11(2)13-7-5-9-10(6-8(7)14-11)16-12(3,4)15-9/h5,8H,6H2,1-4H3. The van der Waals surface area contributed by atoms with Crippen molar-refractivity contribution < 1.29 is 18.9 Å². The van der Waals surface area contributed by atoms with Gasteiger partial charge >= 0.3 is 0 Å². The van der Waals surface area contributed by atoms with Gasteiger partial charge in [0, 0.05) is 40.2 Å². The lowest BCUT2D eigenvalue weighted by atomic mass is 10.1. The zero-order valence-electron chi connectivity index (χ0n) is 9.99. The number of ether oxygens (including phenoxy) is 4. The van der Waals surface area contributed by atoms with Gasteiger partial charge in [-0.15, -0.1) is 0 Å². The summed E-state index contributed by atoms with van der Waals surface area (Å²) in [4.78, 5) is 0. The van der Waals surface area contributed by atoms with E-state index in [1.54, 1.807) is 0 Å². The zero-order valence-corrected chi connectivity index (χ0v) is 9.99. The SMILES string of the molecule is CC1(C)OC2=C(CC3OC(C)(C)OC3=C2)O1. The Balaban J connectivity index is 1.87. The molecular weight excluding hydrogens is 208 g/mol. The third-order valence-corrected chi connectivity index (χ3v) is 2.75. The molecule has 0 aromatic heterocycles. The molecule has 0 bridgehead atoms. The van der Waals surface area contributed by atoms with E-state index in [0.717, 1.165) is 17.3 Å². The molecule has 16 heavy (non-hydrogen) atoms. The largest absolute Gasteiger partial charge is 0.464 e. The highest BCUT2D eigenvalue weighted by Gasteiger charge is 2.45. The smallest absolute Gasteiger partial charge is 0.245 e. The van der Waals surface area contributed by atoms with E-state index in [2.05, 4.69) is 0 Å². The highest BCUT2D eigenvalue weighted by Crippen LogP contribution is 2.43. The second kappa shape index (κ2) is 2.74. The average Bonchev–Trinajstić information content (AvgIpc) is 2.51. The van der Waals surface area contributed by atoms with E-state index in [1.807, 2.05) is 33.8 Å². The molecule has 4 nitrogen and oxygen atoms in total. The molecule has 4 heteroatoms. The number of hydrogen-bond donors (Lipinski definition) is 0. The minimum atomic E-state index is -0.574. The van der Waals surface area contributed by atoms with Crippen LogP contribution in [0.4, 0.5) is 0 Å². The first-order valence-corrected chi connectivity index (χ1v) is 5.54. The second-order valence-corrected chi connectivity index (χ2v) is 5.25. The van der Waals surface area contributed by atoms with Gasteiger partial charge in [0.2, 0.25) is 11.6 Å². The number of allylic oxidation sites excluding steroid dienone is 1. The molecule has 1 unspecified atom stereocenters. The monoisotopic (exact) mass is 224 g/mol. The highest BCUT2D eigenvalue weighted by molar-refractivity contribution is 5.31. The first kappa shape index (κ1) is 10.0. The molecule has 0 amide bonds. The van der Waals surface area contributed by atoms with Gasteiger partial charge < -0.3 is 18.9 Å². The molecule has 0 N–H and O–H groups in total. The van der Waals surface area contributed by atoms with Gasteiger partial charge in [-0.1, -0.05) is 0 Å². The molecule has 2 heterocycles. The molecule has 0 saturated carbocycles. The third-order valence-electron chi connectivity index (χ3n) is 2.75. The van der Waals surface area contributed by atoms with Gasteiger partial charge in [0.05, 0.1) is 0 Å². The Morgan fingerprint density at radius 3 is 2.56 bits per heavy atom. The lowest BCUT2D eigenvalue weighted by Gasteiger charge is -2.19.